The second-order valence-electron chi connectivity index (χ2n) is 5.11. The van der Waals surface area contributed by atoms with Gasteiger partial charge in [-0.25, -0.2) is 0 Å². The number of carbonyl (C=O) groups is 1. The van der Waals surface area contributed by atoms with Crippen LogP contribution in [0.25, 0.3) is 0 Å². The van der Waals surface area contributed by atoms with Gasteiger partial charge in [-0.3, -0.25) is 4.79 Å². The molecule has 0 spiro atoms. The minimum Gasteiger partial charge on any atom is -0.385 e. The second kappa shape index (κ2) is 6.50. The Morgan fingerprint density at radius 2 is 2.24 bits per heavy atom. The molecule has 0 saturated carbocycles. The Labute approximate surface area is 133 Å². The molecule has 0 saturated heterocycles. The summed E-state index contributed by atoms with van der Waals surface area (Å²) in [5, 5.41) is 6.32. The second-order valence-corrected chi connectivity index (χ2v) is 6.91. The molecular weight excluding hydrogens is 304 g/mol. The van der Waals surface area contributed by atoms with Crippen molar-refractivity contribution in [3.63, 3.8) is 0 Å². The van der Waals surface area contributed by atoms with Crippen LogP contribution in [0.4, 0.5) is 5.69 Å². The molecule has 1 aliphatic rings. The van der Waals surface area contributed by atoms with Gasteiger partial charge in [0.05, 0.1) is 4.34 Å². The minimum absolute atomic E-state index is 0.00831. The molecule has 110 valence electrons. The van der Waals surface area contributed by atoms with Crippen LogP contribution >= 0.6 is 22.9 Å². The number of nitrogens with one attached hydrogen (secondary N) is 2. The summed E-state index contributed by atoms with van der Waals surface area (Å²) in [4.78, 5) is 13.4. The summed E-state index contributed by atoms with van der Waals surface area (Å²) >= 11 is 7.45. The van der Waals surface area contributed by atoms with Crippen LogP contribution in [0, 0.1) is 0 Å². The number of halogens is 1. The van der Waals surface area contributed by atoms with E-state index in [1.165, 1.54) is 10.4 Å². The number of carbonyl (C=O) groups excluding carboxylic acids is 1. The molecular formula is C16H17ClN2OS. The maximum atomic E-state index is 12.2. The number of thiophene rings is 1. The topological polar surface area (TPSA) is 41.1 Å². The minimum atomic E-state index is -0.00831. The highest BCUT2D eigenvalue weighted by atomic mass is 35.5. The van der Waals surface area contributed by atoms with Gasteiger partial charge in [0.25, 0.3) is 5.91 Å². The molecule has 21 heavy (non-hydrogen) atoms. The van der Waals surface area contributed by atoms with Gasteiger partial charge in [0, 0.05) is 29.2 Å². The Kier molecular flexibility index (Phi) is 4.46. The maximum absolute atomic E-state index is 12.2. The lowest BCUT2D eigenvalue weighted by molar-refractivity contribution is 0.0954. The molecule has 1 aromatic heterocycles. The van der Waals surface area contributed by atoms with Crippen molar-refractivity contribution < 1.29 is 4.79 Å². The molecule has 0 radical (unpaired) electrons. The monoisotopic (exact) mass is 320 g/mol. The Morgan fingerprint density at radius 3 is 3.05 bits per heavy atom. The van der Waals surface area contributed by atoms with Crippen molar-refractivity contribution in [1.82, 2.24) is 5.32 Å². The number of anilines is 1. The van der Waals surface area contributed by atoms with Gasteiger partial charge in [0.1, 0.15) is 0 Å². The molecule has 0 fully saturated rings. The van der Waals surface area contributed by atoms with E-state index in [1.54, 1.807) is 11.3 Å². The standard InChI is InChI=1S/C16H17ClN2OS/c17-15-6-4-13(21-15)7-9-19-16(20)12-3-5-14-11(10-12)2-1-8-18-14/h3-6,10,18H,1-2,7-9H2,(H,19,20). The van der Waals surface area contributed by atoms with E-state index in [2.05, 4.69) is 10.6 Å². The van der Waals surface area contributed by atoms with Crippen LogP contribution in [0.3, 0.4) is 0 Å². The Balaban J connectivity index is 1.57. The number of fused-ring (bicyclic) bond motifs is 1. The van der Waals surface area contributed by atoms with Crippen LogP contribution in [-0.4, -0.2) is 19.0 Å². The molecule has 2 aromatic rings. The lowest BCUT2D eigenvalue weighted by Crippen LogP contribution is -2.26. The van der Waals surface area contributed by atoms with Crippen LogP contribution in [0.15, 0.2) is 30.3 Å². The van der Waals surface area contributed by atoms with E-state index in [1.807, 2.05) is 30.3 Å². The Morgan fingerprint density at radius 1 is 1.33 bits per heavy atom. The van der Waals surface area contributed by atoms with E-state index in [4.69, 9.17) is 11.6 Å². The summed E-state index contributed by atoms with van der Waals surface area (Å²) in [6.07, 6.45) is 2.98. The van der Waals surface area contributed by atoms with Crippen molar-refractivity contribution in [2.24, 2.45) is 0 Å². The summed E-state index contributed by atoms with van der Waals surface area (Å²) in [5.74, 6) is -0.00831. The molecule has 0 aliphatic carbocycles. The van der Waals surface area contributed by atoms with Gasteiger partial charge in [-0.2, -0.15) is 0 Å². The molecule has 0 atom stereocenters. The maximum Gasteiger partial charge on any atom is 0.251 e. The molecule has 1 amide bonds. The van der Waals surface area contributed by atoms with Crippen molar-refractivity contribution in [2.45, 2.75) is 19.3 Å². The quantitative estimate of drug-likeness (QED) is 0.901. The van der Waals surface area contributed by atoms with Crippen molar-refractivity contribution >= 4 is 34.5 Å². The van der Waals surface area contributed by atoms with E-state index in [9.17, 15) is 4.79 Å². The molecule has 1 aromatic carbocycles. The third-order valence-corrected chi connectivity index (χ3v) is 4.88. The van der Waals surface area contributed by atoms with Gasteiger partial charge in [0.15, 0.2) is 0 Å². The lowest BCUT2D eigenvalue weighted by Gasteiger charge is -2.18. The van der Waals surface area contributed by atoms with Crippen molar-refractivity contribution in [2.75, 3.05) is 18.4 Å². The van der Waals surface area contributed by atoms with Crippen molar-refractivity contribution in [3.8, 4) is 0 Å². The summed E-state index contributed by atoms with van der Waals surface area (Å²) in [6, 6.07) is 9.78. The first-order valence-electron chi connectivity index (χ1n) is 7.11. The summed E-state index contributed by atoms with van der Waals surface area (Å²) in [7, 11) is 0. The molecule has 3 nitrogen and oxygen atoms in total. The van der Waals surface area contributed by atoms with Crippen molar-refractivity contribution in [3.05, 3.63) is 50.7 Å². The summed E-state index contributed by atoms with van der Waals surface area (Å²) in [6.45, 7) is 1.65. The molecule has 1 aliphatic heterocycles. The average Bonchev–Trinajstić information content (AvgIpc) is 2.92. The number of hydrogen-bond acceptors (Lipinski definition) is 3. The van der Waals surface area contributed by atoms with Gasteiger partial charge >= 0.3 is 0 Å². The SMILES string of the molecule is O=C(NCCc1ccc(Cl)s1)c1ccc2c(c1)CCCN2. The van der Waals surface area contributed by atoms with Crippen LogP contribution in [-0.2, 0) is 12.8 Å². The van der Waals surface area contributed by atoms with Gasteiger partial charge in [-0.05, 0) is 55.2 Å². The molecule has 0 bridgehead atoms. The van der Waals surface area contributed by atoms with E-state index in [0.29, 0.717) is 6.54 Å². The summed E-state index contributed by atoms with van der Waals surface area (Å²) in [5.41, 5.74) is 3.13. The fourth-order valence-electron chi connectivity index (χ4n) is 2.50. The van der Waals surface area contributed by atoms with Gasteiger partial charge in [-0.1, -0.05) is 11.6 Å². The summed E-state index contributed by atoms with van der Waals surface area (Å²) < 4.78 is 0.790. The number of benzene rings is 1. The number of amides is 1. The zero-order valence-electron chi connectivity index (χ0n) is 11.6. The van der Waals surface area contributed by atoms with E-state index in [-0.39, 0.29) is 5.91 Å². The lowest BCUT2D eigenvalue weighted by atomic mass is 10.0. The first-order chi connectivity index (χ1) is 10.2. The molecule has 5 heteroatoms. The third-order valence-electron chi connectivity index (χ3n) is 3.59. The number of rotatable bonds is 4. The smallest absolute Gasteiger partial charge is 0.251 e. The highest BCUT2D eigenvalue weighted by molar-refractivity contribution is 7.16. The largest absolute Gasteiger partial charge is 0.385 e. The molecule has 3 rings (SSSR count). The van der Waals surface area contributed by atoms with Crippen molar-refractivity contribution in [1.29, 1.82) is 0 Å². The van der Waals surface area contributed by atoms with Gasteiger partial charge < -0.3 is 10.6 Å². The zero-order valence-corrected chi connectivity index (χ0v) is 13.2. The molecule has 2 heterocycles. The predicted molar refractivity (Wildman–Crippen MR) is 88.6 cm³/mol. The predicted octanol–water partition coefficient (Wildman–Crippen LogP) is 3.73. The number of hydrogen-bond donors (Lipinski definition) is 2. The zero-order chi connectivity index (χ0) is 14.7. The van der Waals surface area contributed by atoms with E-state index < -0.39 is 0 Å². The molecule has 2 N–H and O–H groups in total. The van der Waals surface area contributed by atoms with Gasteiger partial charge in [0.2, 0.25) is 0 Å². The number of aryl methyl sites for hydroxylation is 1. The first-order valence-corrected chi connectivity index (χ1v) is 8.31. The first kappa shape index (κ1) is 14.4. The van der Waals surface area contributed by atoms with Gasteiger partial charge in [-0.15, -0.1) is 11.3 Å². The van der Waals surface area contributed by atoms with E-state index in [0.717, 1.165) is 41.4 Å². The van der Waals surface area contributed by atoms with Crippen LogP contribution in [0.1, 0.15) is 27.2 Å². The van der Waals surface area contributed by atoms with E-state index >= 15 is 0 Å². The molecule has 0 unspecified atom stereocenters. The van der Waals surface area contributed by atoms with Crippen LogP contribution < -0.4 is 10.6 Å². The Hall–Kier alpha value is -1.52. The fourth-order valence-corrected chi connectivity index (χ4v) is 3.59. The average molecular weight is 321 g/mol. The highest BCUT2D eigenvalue weighted by Gasteiger charge is 2.12. The normalized spacial score (nSPS) is 13.4. The Bertz CT molecular complexity index is 653. The van der Waals surface area contributed by atoms with Crippen LogP contribution in [0.2, 0.25) is 4.34 Å². The third kappa shape index (κ3) is 3.57. The van der Waals surface area contributed by atoms with Crippen LogP contribution in [0.5, 0.6) is 0 Å². The highest BCUT2D eigenvalue weighted by Crippen LogP contribution is 2.23. The fraction of sp³-hybridized carbons (Fsp3) is 0.312.